The van der Waals surface area contributed by atoms with Gasteiger partial charge in [-0.2, -0.15) is 0 Å². The van der Waals surface area contributed by atoms with E-state index < -0.39 is 5.97 Å². The summed E-state index contributed by atoms with van der Waals surface area (Å²) >= 11 is 6.18. The minimum absolute atomic E-state index is 0.252. The Kier molecular flexibility index (Phi) is 10.5. The van der Waals surface area contributed by atoms with Gasteiger partial charge in [-0.3, -0.25) is 0 Å². The molecule has 1 aromatic carbocycles. The lowest BCUT2D eigenvalue weighted by Gasteiger charge is -2.12. The number of carbonyl (C=O) groups is 1. The van der Waals surface area contributed by atoms with E-state index in [9.17, 15) is 4.79 Å². The number of rotatable bonds is 13. The maximum Gasteiger partial charge on any atom is 0.335 e. The van der Waals surface area contributed by atoms with Crippen molar-refractivity contribution in [2.24, 2.45) is 0 Å². The van der Waals surface area contributed by atoms with Crippen LogP contribution in [0.15, 0.2) is 24.3 Å². The minimum atomic E-state index is -0.936. The molecule has 0 radical (unpaired) electrons. The molecule has 0 aromatic heterocycles. The number of aromatic carboxylic acids is 1. The van der Waals surface area contributed by atoms with Crippen LogP contribution >= 0.6 is 11.6 Å². The molecule has 0 aliphatic carbocycles. The standard InChI is InChI=1S/C19H29ClO3/c1-2-3-4-5-6-7-8-9-10-11-18(20)23-17-14-12-16(13-15-17)19(21)22/h12-15,18H,2-11H2,1H3,(H,21,22). The SMILES string of the molecule is CCCCCCCCCCCC(Cl)Oc1ccc(C(=O)O)cc1. The zero-order valence-corrected chi connectivity index (χ0v) is 14.9. The third-order valence-corrected chi connectivity index (χ3v) is 4.21. The summed E-state index contributed by atoms with van der Waals surface area (Å²) in [6, 6.07) is 6.35. The van der Waals surface area contributed by atoms with E-state index >= 15 is 0 Å². The van der Waals surface area contributed by atoms with Gasteiger partial charge in [0.1, 0.15) is 5.75 Å². The lowest BCUT2D eigenvalue weighted by atomic mass is 10.1. The van der Waals surface area contributed by atoms with Crippen molar-refractivity contribution >= 4 is 17.6 Å². The molecule has 23 heavy (non-hydrogen) atoms. The first kappa shape index (κ1) is 19.8. The molecule has 0 aliphatic heterocycles. The third-order valence-electron chi connectivity index (χ3n) is 3.90. The highest BCUT2D eigenvalue weighted by Crippen LogP contribution is 2.19. The Labute approximate surface area is 145 Å². The molecule has 1 N–H and O–H groups in total. The number of hydrogen-bond acceptors (Lipinski definition) is 2. The fourth-order valence-corrected chi connectivity index (χ4v) is 2.76. The predicted molar refractivity (Wildman–Crippen MR) is 95.5 cm³/mol. The van der Waals surface area contributed by atoms with Gasteiger partial charge < -0.3 is 9.84 Å². The van der Waals surface area contributed by atoms with E-state index in [4.69, 9.17) is 21.4 Å². The summed E-state index contributed by atoms with van der Waals surface area (Å²) in [7, 11) is 0. The molecule has 4 heteroatoms. The highest BCUT2D eigenvalue weighted by molar-refractivity contribution is 6.19. The summed E-state index contributed by atoms with van der Waals surface area (Å²) in [5.41, 5.74) is -0.0994. The molecule has 3 nitrogen and oxygen atoms in total. The molecular weight excluding hydrogens is 312 g/mol. The van der Waals surface area contributed by atoms with Gasteiger partial charge in [0.15, 0.2) is 5.56 Å². The van der Waals surface area contributed by atoms with Crippen molar-refractivity contribution in [3.05, 3.63) is 29.8 Å². The van der Waals surface area contributed by atoms with E-state index in [2.05, 4.69) is 6.92 Å². The van der Waals surface area contributed by atoms with Crippen molar-refractivity contribution in [2.45, 2.75) is 76.7 Å². The number of alkyl halides is 1. The largest absolute Gasteiger partial charge is 0.478 e. The molecule has 0 spiro atoms. The van der Waals surface area contributed by atoms with E-state index in [0.29, 0.717) is 5.75 Å². The van der Waals surface area contributed by atoms with Crippen molar-refractivity contribution in [1.82, 2.24) is 0 Å². The number of benzene rings is 1. The Morgan fingerprint density at radius 3 is 2.04 bits per heavy atom. The monoisotopic (exact) mass is 340 g/mol. The van der Waals surface area contributed by atoms with Gasteiger partial charge >= 0.3 is 5.97 Å². The Bertz CT molecular complexity index is 431. The van der Waals surface area contributed by atoms with E-state index in [-0.39, 0.29) is 11.1 Å². The topological polar surface area (TPSA) is 46.5 Å². The lowest BCUT2D eigenvalue weighted by molar-refractivity contribution is 0.0697. The van der Waals surface area contributed by atoms with Crippen LogP contribution in [-0.4, -0.2) is 16.6 Å². The van der Waals surface area contributed by atoms with Gasteiger partial charge in [0.2, 0.25) is 0 Å². The highest BCUT2D eigenvalue weighted by atomic mass is 35.5. The van der Waals surface area contributed by atoms with E-state index in [0.717, 1.165) is 12.8 Å². The van der Waals surface area contributed by atoms with Crippen LogP contribution in [0.2, 0.25) is 0 Å². The van der Waals surface area contributed by atoms with Crippen LogP contribution in [0.1, 0.15) is 81.5 Å². The summed E-state index contributed by atoms with van der Waals surface area (Å²) in [5.74, 6) is -0.320. The average Bonchev–Trinajstić information content (AvgIpc) is 2.54. The third kappa shape index (κ3) is 9.50. The van der Waals surface area contributed by atoms with E-state index in [1.54, 1.807) is 12.1 Å². The number of carboxylic acids is 1. The van der Waals surface area contributed by atoms with Crippen LogP contribution in [0.25, 0.3) is 0 Å². The summed E-state index contributed by atoms with van der Waals surface area (Å²) in [4.78, 5) is 10.8. The average molecular weight is 341 g/mol. The lowest BCUT2D eigenvalue weighted by Crippen LogP contribution is -2.08. The molecule has 1 atom stereocenters. The first-order chi connectivity index (χ1) is 11.1. The Morgan fingerprint density at radius 1 is 1.00 bits per heavy atom. The van der Waals surface area contributed by atoms with Crippen LogP contribution in [-0.2, 0) is 0 Å². The van der Waals surface area contributed by atoms with Gasteiger partial charge in [-0.05, 0) is 37.1 Å². The zero-order chi connectivity index (χ0) is 16.9. The molecule has 1 aromatic rings. The van der Waals surface area contributed by atoms with Crippen LogP contribution in [0.3, 0.4) is 0 Å². The second kappa shape index (κ2) is 12.2. The first-order valence-electron chi connectivity index (χ1n) is 8.77. The maximum atomic E-state index is 10.8. The van der Waals surface area contributed by atoms with Crippen LogP contribution in [0.4, 0.5) is 0 Å². The van der Waals surface area contributed by atoms with E-state index in [1.165, 1.54) is 63.5 Å². The van der Waals surface area contributed by atoms with Gasteiger partial charge in [-0.25, -0.2) is 4.79 Å². The van der Waals surface area contributed by atoms with Crippen molar-refractivity contribution in [3.63, 3.8) is 0 Å². The molecule has 0 amide bonds. The van der Waals surface area contributed by atoms with Gasteiger partial charge in [0.25, 0.3) is 0 Å². The second-order valence-electron chi connectivity index (χ2n) is 5.97. The van der Waals surface area contributed by atoms with Gasteiger partial charge in [-0.15, -0.1) is 0 Å². The van der Waals surface area contributed by atoms with Crippen LogP contribution in [0, 0.1) is 0 Å². The van der Waals surface area contributed by atoms with Gasteiger partial charge in [0.05, 0.1) is 5.56 Å². The number of halogens is 1. The summed E-state index contributed by atoms with van der Waals surface area (Å²) in [5, 5.41) is 8.84. The molecule has 0 saturated heterocycles. The van der Waals surface area contributed by atoms with Crippen molar-refractivity contribution in [1.29, 1.82) is 0 Å². The molecule has 130 valence electrons. The molecule has 0 heterocycles. The quantitative estimate of drug-likeness (QED) is 0.341. The van der Waals surface area contributed by atoms with E-state index in [1.807, 2.05) is 0 Å². The Balaban J connectivity index is 2.06. The molecule has 0 bridgehead atoms. The van der Waals surface area contributed by atoms with Crippen molar-refractivity contribution < 1.29 is 14.6 Å². The number of hydrogen-bond donors (Lipinski definition) is 1. The van der Waals surface area contributed by atoms with Gasteiger partial charge in [-0.1, -0.05) is 69.9 Å². The minimum Gasteiger partial charge on any atom is -0.478 e. The molecule has 0 fully saturated rings. The highest BCUT2D eigenvalue weighted by Gasteiger charge is 2.07. The van der Waals surface area contributed by atoms with Crippen molar-refractivity contribution in [3.8, 4) is 5.75 Å². The molecule has 1 rings (SSSR count). The zero-order valence-electron chi connectivity index (χ0n) is 14.1. The molecule has 0 saturated carbocycles. The second-order valence-corrected chi connectivity index (χ2v) is 6.46. The Morgan fingerprint density at radius 2 is 1.52 bits per heavy atom. The summed E-state index contributed by atoms with van der Waals surface area (Å²) in [6.07, 6.45) is 12.4. The molecule has 1 unspecified atom stereocenters. The first-order valence-corrected chi connectivity index (χ1v) is 9.21. The predicted octanol–water partition coefficient (Wildman–Crippen LogP) is 6.25. The number of carboxylic acid groups (broad SMARTS) is 1. The van der Waals surface area contributed by atoms with Gasteiger partial charge in [0, 0.05) is 0 Å². The van der Waals surface area contributed by atoms with Crippen molar-refractivity contribution in [2.75, 3.05) is 0 Å². The Hall–Kier alpha value is -1.22. The number of unbranched alkanes of at least 4 members (excludes halogenated alkanes) is 8. The number of ether oxygens (including phenoxy) is 1. The fraction of sp³-hybridized carbons (Fsp3) is 0.632. The fourth-order valence-electron chi connectivity index (χ4n) is 2.50. The summed E-state index contributed by atoms with van der Waals surface area (Å²) in [6.45, 7) is 2.24. The summed E-state index contributed by atoms with van der Waals surface area (Å²) < 4.78 is 5.59. The van der Waals surface area contributed by atoms with Crippen LogP contribution in [0.5, 0.6) is 5.75 Å². The van der Waals surface area contributed by atoms with Crippen LogP contribution < -0.4 is 4.74 Å². The maximum absolute atomic E-state index is 10.8. The smallest absolute Gasteiger partial charge is 0.335 e. The molecule has 0 aliphatic rings. The normalized spacial score (nSPS) is 12.1. The molecular formula is C19H29ClO3.